The van der Waals surface area contributed by atoms with Crippen molar-refractivity contribution >= 4 is 15.6 Å². The number of rotatable bonds is 4. The number of sulfone groups is 1. The highest BCUT2D eigenvalue weighted by molar-refractivity contribution is 7.90. The Morgan fingerprint density at radius 2 is 1.88 bits per heavy atom. The van der Waals surface area contributed by atoms with Crippen LogP contribution in [-0.4, -0.2) is 26.2 Å². The van der Waals surface area contributed by atoms with E-state index in [1.54, 1.807) is 6.07 Å². The summed E-state index contributed by atoms with van der Waals surface area (Å²) >= 11 is 0. The molecule has 16 heavy (non-hydrogen) atoms. The van der Waals surface area contributed by atoms with Crippen LogP contribution in [0.1, 0.15) is 27.9 Å². The van der Waals surface area contributed by atoms with Crippen molar-refractivity contribution < 1.29 is 13.2 Å². The molecule has 0 spiro atoms. The highest BCUT2D eigenvalue weighted by Gasteiger charge is 2.12. The van der Waals surface area contributed by atoms with Gasteiger partial charge in [0, 0.05) is 18.2 Å². The molecule has 0 saturated heterocycles. The molecule has 4 heteroatoms. The molecule has 0 saturated carbocycles. The van der Waals surface area contributed by atoms with E-state index in [9.17, 15) is 13.2 Å². The molecule has 88 valence electrons. The van der Waals surface area contributed by atoms with Gasteiger partial charge in [-0.1, -0.05) is 23.8 Å². The van der Waals surface area contributed by atoms with E-state index >= 15 is 0 Å². The molecule has 0 unspecified atom stereocenters. The van der Waals surface area contributed by atoms with E-state index in [0.717, 1.165) is 17.4 Å². The zero-order chi connectivity index (χ0) is 12.3. The predicted molar refractivity (Wildman–Crippen MR) is 64.6 cm³/mol. The topological polar surface area (TPSA) is 51.2 Å². The number of carbonyl (C=O) groups is 1. The molecule has 0 radical (unpaired) electrons. The SMILES string of the molecule is Cc1ccc(C(=O)CCS(C)(=O)=O)c(C)c1. The number of aryl methyl sites for hydroxylation is 2. The lowest BCUT2D eigenvalue weighted by atomic mass is 10.0. The van der Waals surface area contributed by atoms with Crippen LogP contribution < -0.4 is 0 Å². The number of carbonyl (C=O) groups excluding carboxylic acids is 1. The fourth-order valence-electron chi connectivity index (χ4n) is 1.54. The van der Waals surface area contributed by atoms with E-state index < -0.39 is 9.84 Å². The first-order chi connectivity index (χ1) is 7.29. The number of hydrogen-bond acceptors (Lipinski definition) is 3. The van der Waals surface area contributed by atoms with Crippen molar-refractivity contribution in [1.82, 2.24) is 0 Å². The van der Waals surface area contributed by atoms with E-state index in [1.807, 2.05) is 26.0 Å². The fourth-order valence-corrected chi connectivity index (χ4v) is 2.10. The van der Waals surface area contributed by atoms with Crippen LogP contribution in [0.15, 0.2) is 18.2 Å². The van der Waals surface area contributed by atoms with Gasteiger partial charge in [-0.05, 0) is 19.4 Å². The van der Waals surface area contributed by atoms with E-state index in [0.29, 0.717) is 5.56 Å². The summed E-state index contributed by atoms with van der Waals surface area (Å²) in [4.78, 5) is 11.8. The van der Waals surface area contributed by atoms with Gasteiger partial charge in [0.15, 0.2) is 5.78 Å². The van der Waals surface area contributed by atoms with Crippen molar-refractivity contribution in [3.63, 3.8) is 0 Å². The number of Topliss-reactive ketones (excluding diaryl/α,β-unsaturated/α-hetero) is 1. The van der Waals surface area contributed by atoms with Crippen molar-refractivity contribution in [1.29, 1.82) is 0 Å². The molecule has 0 aromatic heterocycles. The van der Waals surface area contributed by atoms with E-state index in [1.165, 1.54) is 0 Å². The Hall–Kier alpha value is -1.16. The van der Waals surface area contributed by atoms with Crippen LogP contribution in [-0.2, 0) is 9.84 Å². The lowest BCUT2D eigenvalue weighted by Gasteiger charge is -2.05. The van der Waals surface area contributed by atoms with Crippen molar-refractivity contribution in [2.75, 3.05) is 12.0 Å². The molecule has 1 aromatic rings. The third kappa shape index (κ3) is 3.77. The van der Waals surface area contributed by atoms with Crippen LogP contribution in [0, 0.1) is 13.8 Å². The number of hydrogen-bond donors (Lipinski definition) is 0. The smallest absolute Gasteiger partial charge is 0.164 e. The zero-order valence-electron chi connectivity index (χ0n) is 9.78. The van der Waals surface area contributed by atoms with Gasteiger partial charge in [-0.25, -0.2) is 8.42 Å². The molecular formula is C12H16O3S. The standard InChI is InChI=1S/C12H16O3S/c1-9-4-5-11(10(2)8-9)12(13)6-7-16(3,14)15/h4-5,8H,6-7H2,1-3H3. The van der Waals surface area contributed by atoms with Gasteiger partial charge in [-0.15, -0.1) is 0 Å². The minimum Gasteiger partial charge on any atom is -0.294 e. The van der Waals surface area contributed by atoms with Crippen molar-refractivity contribution in [2.24, 2.45) is 0 Å². The second-order valence-electron chi connectivity index (χ2n) is 4.12. The summed E-state index contributed by atoms with van der Waals surface area (Å²) in [7, 11) is -3.07. The van der Waals surface area contributed by atoms with Crippen LogP contribution in [0.3, 0.4) is 0 Å². The quantitative estimate of drug-likeness (QED) is 0.755. The largest absolute Gasteiger partial charge is 0.294 e. The van der Waals surface area contributed by atoms with Crippen molar-refractivity contribution in [3.8, 4) is 0 Å². The first-order valence-electron chi connectivity index (χ1n) is 5.08. The van der Waals surface area contributed by atoms with Gasteiger partial charge in [0.2, 0.25) is 0 Å². The number of ketones is 1. The van der Waals surface area contributed by atoms with Gasteiger partial charge in [-0.2, -0.15) is 0 Å². The maximum Gasteiger partial charge on any atom is 0.164 e. The summed E-state index contributed by atoms with van der Waals surface area (Å²) in [5, 5.41) is 0. The van der Waals surface area contributed by atoms with Crippen LogP contribution in [0.4, 0.5) is 0 Å². The highest BCUT2D eigenvalue weighted by Crippen LogP contribution is 2.13. The molecule has 0 heterocycles. The molecule has 0 fully saturated rings. The second kappa shape index (κ2) is 4.78. The van der Waals surface area contributed by atoms with Gasteiger partial charge in [-0.3, -0.25) is 4.79 Å². The Balaban J connectivity index is 2.82. The summed E-state index contributed by atoms with van der Waals surface area (Å²) in [6.45, 7) is 3.82. The maximum absolute atomic E-state index is 11.8. The van der Waals surface area contributed by atoms with Crippen LogP contribution in [0.2, 0.25) is 0 Å². The Labute approximate surface area is 96.4 Å². The summed E-state index contributed by atoms with van der Waals surface area (Å²) in [5.41, 5.74) is 2.62. The number of benzene rings is 1. The predicted octanol–water partition coefficient (Wildman–Crippen LogP) is 1.92. The lowest BCUT2D eigenvalue weighted by molar-refractivity contribution is 0.0988. The molecule has 1 rings (SSSR count). The molecule has 3 nitrogen and oxygen atoms in total. The molecule has 1 aromatic carbocycles. The molecule has 0 aliphatic carbocycles. The average Bonchev–Trinajstić information content (AvgIpc) is 2.13. The minimum atomic E-state index is -3.07. The van der Waals surface area contributed by atoms with Crippen LogP contribution >= 0.6 is 0 Å². The summed E-state index contributed by atoms with van der Waals surface area (Å²) in [6.07, 6.45) is 1.20. The minimum absolute atomic E-state index is 0.0583. The first kappa shape index (κ1) is 12.9. The Morgan fingerprint density at radius 1 is 1.25 bits per heavy atom. The normalized spacial score (nSPS) is 11.4. The van der Waals surface area contributed by atoms with Crippen molar-refractivity contribution in [2.45, 2.75) is 20.3 Å². The monoisotopic (exact) mass is 240 g/mol. The van der Waals surface area contributed by atoms with Gasteiger partial charge in [0.05, 0.1) is 5.75 Å². The van der Waals surface area contributed by atoms with Crippen molar-refractivity contribution in [3.05, 3.63) is 34.9 Å². The van der Waals surface area contributed by atoms with Crippen LogP contribution in [0.5, 0.6) is 0 Å². The summed E-state index contributed by atoms with van der Waals surface area (Å²) in [6, 6.07) is 5.55. The second-order valence-corrected chi connectivity index (χ2v) is 6.38. The average molecular weight is 240 g/mol. The van der Waals surface area contributed by atoms with Gasteiger partial charge in [0.25, 0.3) is 0 Å². The van der Waals surface area contributed by atoms with Gasteiger partial charge in [0.1, 0.15) is 9.84 Å². The molecule has 0 amide bonds. The molecule has 0 N–H and O–H groups in total. The maximum atomic E-state index is 11.8. The van der Waals surface area contributed by atoms with Crippen LogP contribution in [0.25, 0.3) is 0 Å². The molecule has 0 atom stereocenters. The van der Waals surface area contributed by atoms with E-state index in [-0.39, 0.29) is 18.0 Å². The molecule has 0 aliphatic rings. The Kier molecular flexibility index (Phi) is 3.86. The van der Waals surface area contributed by atoms with E-state index in [2.05, 4.69) is 0 Å². The summed E-state index contributed by atoms with van der Waals surface area (Å²) in [5.74, 6) is -0.193. The van der Waals surface area contributed by atoms with Gasteiger partial charge >= 0.3 is 0 Å². The lowest BCUT2D eigenvalue weighted by Crippen LogP contribution is -2.10. The van der Waals surface area contributed by atoms with E-state index in [4.69, 9.17) is 0 Å². The molecule has 0 bridgehead atoms. The zero-order valence-corrected chi connectivity index (χ0v) is 10.6. The van der Waals surface area contributed by atoms with Gasteiger partial charge < -0.3 is 0 Å². The molecule has 0 aliphatic heterocycles. The fraction of sp³-hybridized carbons (Fsp3) is 0.417. The Bertz CT molecular complexity index is 501. The highest BCUT2D eigenvalue weighted by atomic mass is 32.2. The Morgan fingerprint density at radius 3 is 2.38 bits per heavy atom. The first-order valence-corrected chi connectivity index (χ1v) is 7.14. The third-order valence-electron chi connectivity index (χ3n) is 2.38. The summed E-state index contributed by atoms with van der Waals surface area (Å²) < 4.78 is 21.9. The molecular weight excluding hydrogens is 224 g/mol. The third-order valence-corrected chi connectivity index (χ3v) is 3.33.